The van der Waals surface area contributed by atoms with Crippen molar-refractivity contribution in [3.05, 3.63) is 64.7 Å². The fourth-order valence-corrected chi connectivity index (χ4v) is 4.12. The van der Waals surface area contributed by atoms with Gasteiger partial charge in [-0.15, -0.1) is 10.2 Å². The second kappa shape index (κ2) is 10.6. The molecule has 0 aliphatic rings. The number of anilines is 1. The maximum atomic E-state index is 13.7. The number of nitrogens with one attached hydrogen (secondary N) is 1. The van der Waals surface area contributed by atoms with Crippen LogP contribution >= 0.6 is 11.8 Å². The molecule has 0 aliphatic heterocycles. The number of ether oxygens (including phenoxy) is 1. The Morgan fingerprint density at radius 2 is 2.00 bits per heavy atom. The molecule has 6 nitrogen and oxygen atoms in total. The number of rotatable bonds is 9. The molecule has 8 heteroatoms. The van der Waals surface area contributed by atoms with Gasteiger partial charge < -0.3 is 14.6 Å². The lowest BCUT2D eigenvalue weighted by Gasteiger charge is -2.15. The van der Waals surface area contributed by atoms with Crippen molar-refractivity contribution in [1.29, 1.82) is 0 Å². The number of amides is 1. The number of halogens is 1. The van der Waals surface area contributed by atoms with E-state index < -0.39 is 0 Å². The summed E-state index contributed by atoms with van der Waals surface area (Å²) in [5.41, 5.74) is 3.17. The van der Waals surface area contributed by atoms with Crippen LogP contribution < -0.4 is 10.1 Å². The van der Waals surface area contributed by atoms with Crippen molar-refractivity contribution in [2.45, 2.75) is 58.8 Å². The van der Waals surface area contributed by atoms with E-state index in [1.807, 2.05) is 24.5 Å². The highest BCUT2D eigenvalue weighted by atomic mass is 32.2. The van der Waals surface area contributed by atoms with Gasteiger partial charge in [-0.3, -0.25) is 4.79 Å². The van der Waals surface area contributed by atoms with Crippen LogP contribution in [0.1, 0.15) is 49.2 Å². The molecule has 1 N–H and O–H groups in total. The molecular formula is C24H29FN4O2S. The number of carbonyl (C=O) groups excluding carboxylic acids is 1. The lowest BCUT2D eigenvalue weighted by Crippen LogP contribution is -2.16. The number of aryl methyl sites for hydroxylation is 1. The molecule has 0 atom stereocenters. The summed E-state index contributed by atoms with van der Waals surface area (Å²) < 4.78 is 21.7. The highest BCUT2D eigenvalue weighted by Crippen LogP contribution is 2.28. The van der Waals surface area contributed by atoms with Gasteiger partial charge in [-0.05, 0) is 56.0 Å². The molecule has 1 amide bonds. The topological polar surface area (TPSA) is 69.0 Å². The highest BCUT2D eigenvalue weighted by molar-refractivity contribution is 7.99. The molecule has 2 aromatic carbocycles. The third-order valence-corrected chi connectivity index (χ3v) is 6.10. The molecule has 0 radical (unpaired) electrons. The first kappa shape index (κ1) is 23.8. The van der Waals surface area contributed by atoms with Gasteiger partial charge in [0.15, 0.2) is 11.0 Å². The van der Waals surface area contributed by atoms with Gasteiger partial charge in [-0.2, -0.15) is 0 Å². The minimum atomic E-state index is -0.347. The molecule has 0 bridgehead atoms. The summed E-state index contributed by atoms with van der Waals surface area (Å²) in [6.45, 7) is 10.9. The molecule has 1 heterocycles. The second-order valence-corrected chi connectivity index (χ2v) is 8.82. The normalized spacial score (nSPS) is 11.1. The van der Waals surface area contributed by atoms with Crippen molar-refractivity contribution in [1.82, 2.24) is 14.8 Å². The van der Waals surface area contributed by atoms with Crippen molar-refractivity contribution in [2.24, 2.45) is 0 Å². The zero-order chi connectivity index (χ0) is 23.3. The van der Waals surface area contributed by atoms with E-state index in [1.165, 1.54) is 17.8 Å². The van der Waals surface area contributed by atoms with Crippen LogP contribution in [0, 0.1) is 19.7 Å². The van der Waals surface area contributed by atoms with Gasteiger partial charge in [0.1, 0.15) is 18.2 Å². The number of thioether (sulfide) groups is 1. The number of carbonyl (C=O) groups is 1. The van der Waals surface area contributed by atoms with E-state index in [0.717, 1.165) is 16.9 Å². The molecule has 0 unspecified atom stereocenters. The standard InChI is InChI=1S/C24H29FN4O2S/c1-6-29-22(13-31-21-12-16(4)10-11-18(21)15(2)3)27-28-24(29)32-14-23(30)26-20-9-7-8-19(25)17(20)5/h7-12,15H,6,13-14H2,1-5H3,(H,26,30). The summed E-state index contributed by atoms with van der Waals surface area (Å²) >= 11 is 1.29. The summed E-state index contributed by atoms with van der Waals surface area (Å²) in [4.78, 5) is 12.4. The van der Waals surface area contributed by atoms with Crippen molar-refractivity contribution in [3.8, 4) is 5.75 Å². The average Bonchev–Trinajstić information content (AvgIpc) is 3.15. The summed E-state index contributed by atoms with van der Waals surface area (Å²) in [5, 5.41) is 11.9. The Balaban J connectivity index is 1.64. The van der Waals surface area contributed by atoms with Crippen molar-refractivity contribution < 1.29 is 13.9 Å². The molecule has 1 aromatic heterocycles. The van der Waals surface area contributed by atoms with Gasteiger partial charge in [0.2, 0.25) is 5.91 Å². The van der Waals surface area contributed by atoms with E-state index in [-0.39, 0.29) is 17.5 Å². The fraction of sp³-hybridized carbons (Fsp3) is 0.375. The van der Waals surface area contributed by atoms with E-state index in [1.54, 1.807) is 19.1 Å². The largest absolute Gasteiger partial charge is 0.485 e. The minimum absolute atomic E-state index is 0.143. The summed E-state index contributed by atoms with van der Waals surface area (Å²) in [5.74, 6) is 1.47. The molecule has 0 fully saturated rings. The van der Waals surface area contributed by atoms with Crippen LogP contribution in [0.3, 0.4) is 0 Å². The Hall–Kier alpha value is -2.87. The van der Waals surface area contributed by atoms with Gasteiger partial charge in [-0.25, -0.2) is 4.39 Å². The highest BCUT2D eigenvalue weighted by Gasteiger charge is 2.16. The lowest BCUT2D eigenvalue weighted by molar-refractivity contribution is -0.113. The van der Waals surface area contributed by atoms with E-state index in [9.17, 15) is 9.18 Å². The first-order chi connectivity index (χ1) is 15.3. The SMILES string of the molecule is CCn1c(COc2cc(C)ccc2C(C)C)nnc1SCC(=O)Nc1cccc(F)c1C. The van der Waals surface area contributed by atoms with Crippen LogP contribution in [0.4, 0.5) is 10.1 Å². The fourth-order valence-electron chi connectivity index (χ4n) is 3.30. The Kier molecular flexibility index (Phi) is 7.90. The van der Waals surface area contributed by atoms with Crippen molar-refractivity contribution in [2.75, 3.05) is 11.1 Å². The maximum absolute atomic E-state index is 13.7. The third kappa shape index (κ3) is 5.68. The van der Waals surface area contributed by atoms with Crippen LogP contribution in [0.15, 0.2) is 41.6 Å². The smallest absolute Gasteiger partial charge is 0.234 e. The minimum Gasteiger partial charge on any atom is -0.485 e. The van der Waals surface area contributed by atoms with Crippen LogP contribution in [0.25, 0.3) is 0 Å². The van der Waals surface area contributed by atoms with Crippen LogP contribution in [0.5, 0.6) is 5.75 Å². The van der Waals surface area contributed by atoms with Gasteiger partial charge >= 0.3 is 0 Å². The van der Waals surface area contributed by atoms with Crippen molar-refractivity contribution in [3.63, 3.8) is 0 Å². The lowest BCUT2D eigenvalue weighted by atomic mass is 10.0. The Morgan fingerprint density at radius 3 is 2.72 bits per heavy atom. The molecule has 3 aromatic rings. The number of nitrogens with zero attached hydrogens (tertiary/aromatic N) is 3. The molecule has 0 aliphatic carbocycles. The maximum Gasteiger partial charge on any atom is 0.234 e. The van der Waals surface area contributed by atoms with Gasteiger partial charge in [0, 0.05) is 17.8 Å². The first-order valence-corrected chi connectivity index (χ1v) is 11.6. The predicted octanol–water partition coefficient (Wildman–Crippen LogP) is 5.49. The molecule has 0 spiro atoms. The van der Waals surface area contributed by atoms with E-state index in [4.69, 9.17) is 4.74 Å². The Morgan fingerprint density at radius 1 is 1.22 bits per heavy atom. The molecule has 170 valence electrons. The molecule has 0 saturated heterocycles. The van der Waals surface area contributed by atoms with Crippen molar-refractivity contribution >= 4 is 23.4 Å². The number of aromatic nitrogens is 3. The average molecular weight is 457 g/mol. The molecule has 32 heavy (non-hydrogen) atoms. The zero-order valence-corrected chi connectivity index (χ0v) is 19.9. The third-order valence-electron chi connectivity index (χ3n) is 5.13. The van der Waals surface area contributed by atoms with Gasteiger partial charge in [0.05, 0.1) is 5.75 Å². The Labute approximate surface area is 192 Å². The molecular weight excluding hydrogens is 427 g/mol. The summed E-state index contributed by atoms with van der Waals surface area (Å²) in [6.07, 6.45) is 0. The number of hydrogen-bond acceptors (Lipinski definition) is 5. The van der Waals surface area contributed by atoms with Crippen LogP contribution in [-0.4, -0.2) is 26.4 Å². The quantitative estimate of drug-likeness (QED) is 0.431. The summed E-state index contributed by atoms with van der Waals surface area (Å²) in [6, 6.07) is 10.8. The van der Waals surface area contributed by atoms with Gasteiger partial charge in [-0.1, -0.05) is 43.8 Å². The monoisotopic (exact) mass is 456 g/mol. The number of hydrogen-bond donors (Lipinski definition) is 1. The van der Waals surface area contributed by atoms with Crippen LogP contribution in [-0.2, 0) is 17.9 Å². The molecule has 0 saturated carbocycles. The van der Waals surface area contributed by atoms with Crippen LogP contribution in [0.2, 0.25) is 0 Å². The van der Waals surface area contributed by atoms with Gasteiger partial charge in [0.25, 0.3) is 0 Å². The van der Waals surface area contributed by atoms with E-state index >= 15 is 0 Å². The predicted molar refractivity (Wildman–Crippen MR) is 126 cm³/mol. The van der Waals surface area contributed by atoms with E-state index in [2.05, 4.69) is 41.5 Å². The number of benzene rings is 2. The second-order valence-electron chi connectivity index (χ2n) is 7.88. The first-order valence-electron chi connectivity index (χ1n) is 10.6. The summed E-state index contributed by atoms with van der Waals surface area (Å²) in [7, 11) is 0. The molecule has 3 rings (SSSR count). The zero-order valence-electron chi connectivity index (χ0n) is 19.1. The Bertz CT molecular complexity index is 1100. The van der Waals surface area contributed by atoms with E-state index in [0.29, 0.717) is 41.3 Å².